The van der Waals surface area contributed by atoms with Crippen molar-refractivity contribution in [3.8, 4) is 0 Å². The summed E-state index contributed by atoms with van der Waals surface area (Å²) in [4.78, 5) is 30.3. The lowest BCUT2D eigenvalue weighted by atomic mass is 9.68. The number of likely N-dealkylation sites (tertiary alicyclic amines) is 1. The maximum Gasteiger partial charge on any atom is 0.331 e. The third-order valence-electron chi connectivity index (χ3n) is 4.20. The van der Waals surface area contributed by atoms with Gasteiger partial charge in [0.2, 0.25) is 0 Å². The molecule has 2 atom stereocenters. The number of amides is 1. The highest BCUT2D eigenvalue weighted by Gasteiger charge is 2.61. The predicted octanol–water partition coefficient (Wildman–Crippen LogP) is 1.39. The molecule has 1 aliphatic heterocycles. The molecule has 2 aliphatic rings. The zero-order valence-corrected chi connectivity index (χ0v) is 10.8. The molecule has 0 aromatic carbocycles. The fourth-order valence-electron chi connectivity index (χ4n) is 3.35. The molecular weight excluding hydrogens is 244 g/mol. The van der Waals surface area contributed by atoms with Gasteiger partial charge in [-0.3, -0.25) is 9.78 Å². The number of hydrogen-bond acceptors (Lipinski definition) is 4. The van der Waals surface area contributed by atoms with Gasteiger partial charge < -0.3 is 9.64 Å². The number of methoxy groups -OCH3 is 1. The van der Waals surface area contributed by atoms with Crippen LogP contribution < -0.4 is 0 Å². The first kappa shape index (κ1) is 12.1. The molecule has 2 bridgehead atoms. The molecular formula is C14H16N2O3. The number of nitrogens with zero attached hydrogens (tertiary/aromatic N) is 2. The largest absolute Gasteiger partial charge is 0.467 e. The number of pyridine rings is 1. The van der Waals surface area contributed by atoms with Crippen LogP contribution in [0.25, 0.3) is 0 Å². The fraction of sp³-hybridized carbons (Fsp3) is 0.500. The Labute approximate surface area is 111 Å². The molecule has 1 amide bonds. The molecule has 19 heavy (non-hydrogen) atoms. The van der Waals surface area contributed by atoms with E-state index in [0.717, 1.165) is 19.3 Å². The quantitative estimate of drug-likeness (QED) is 0.754. The minimum absolute atomic E-state index is 0.155. The van der Waals surface area contributed by atoms with Crippen LogP contribution in [0.3, 0.4) is 0 Å². The van der Waals surface area contributed by atoms with Gasteiger partial charge in [-0.15, -0.1) is 0 Å². The highest BCUT2D eigenvalue weighted by atomic mass is 16.5. The maximum absolute atomic E-state index is 12.5. The third-order valence-corrected chi connectivity index (χ3v) is 4.20. The number of piperidine rings is 1. The highest BCUT2D eigenvalue weighted by Crippen LogP contribution is 2.48. The molecule has 2 fully saturated rings. The van der Waals surface area contributed by atoms with E-state index in [2.05, 4.69) is 4.98 Å². The summed E-state index contributed by atoms with van der Waals surface area (Å²) >= 11 is 0. The van der Waals surface area contributed by atoms with E-state index in [1.165, 1.54) is 7.11 Å². The lowest BCUT2D eigenvalue weighted by molar-refractivity contribution is -0.174. The average Bonchev–Trinajstić information content (AvgIpc) is 2.47. The standard InChI is InChI=1S/C14H16N2O3/c1-19-13(18)14-7-4-5-10(9-14)16(14)12(17)11-6-2-3-8-15-11/h2-3,6,8,10H,4-5,7,9H2,1H3. The molecule has 2 heterocycles. The first-order valence-corrected chi connectivity index (χ1v) is 6.52. The van der Waals surface area contributed by atoms with E-state index < -0.39 is 5.54 Å². The lowest BCUT2D eigenvalue weighted by Crippen LogP contribution is -2.73. The van der Waals surface area contributed by atoms with Crippen molar-refractivity contribution in [2.45, 2.75) is 37.3 Å². The van der Waals surface area contributed by atoms with Crippen molar-refractivity contribution in [1.82, 2.24) is 9.88 Å². The summed E-state index contributed by atoms with van der Waals surface area (Å²) < 4.78 is 4.89. The van der Waals surface area contributed by atoms with Gasteiger partial charge in [0.15, 0.2) is 0 Å². The molecule has 3 rings (SSSR count). The van der Waals surface area contributed by atoms with Crippen LogP contribution in [0.4, 0.5) is 0 Å². The summed E-state index contributed by atoms with van der Waals surface area (Å²) in [5.41, 5.74) is -0.353. The van der Waals surface area contributed by atoms with E-state index in [4.69, 9.17) is 4.74 Å². The minimum Gasteiger partial charge on any atom is -0.467 e. The van der Waals surface area contributed by atoms with Crippen molar-refractivity contribution in [3.05, 3.63) is 30.1 Å². The number of aromatic nitrogens is 1. The second kappa shape index (κ2) is 4.33. The Morgan fingerprint density at radius 3 is 2.95 bits per heavy atom. The summed E-state index contributed by atoms with van der Waals surface area (Å²) in [5, 5.41) is 0. The van der Waals surface area contributed by atoms with Gasteiger partial charge in [-0.1, -0.05) is 6.07 Å². The molecule has 2 unspecified atom stereocenters. The van der Waals surface area contributed by atoms with Gasteiger partial charge in [0, 0.05) is 18.7 Å². The zero-order chi connectivity index (χ0) is 13.5. The van der Waals surface area contributed by atoms with Gasteiger partial charge in [0.05, 0.1) is 7.11 Å². The van der Waals surface area contributed by atoms with Crippen molar-refractivity contribution >= 4 is 11.9 Å². The van der Waals surface area contributed by atoms with E-state index >= 15 is 0 Å². The molecule has 1 aliphatic carbocycles. The van der Waals surface area contributed by atoms with E-state index in [0.29, 0.717) is 12.1 Å². The number of fused-ring (bicyclic) bond motifs is 2. The topological polar surface area (TPSA) is 59.5 Å². The van der Waals surface area contributed by atoms with E-state index in [1.54, 1.807) is 29.3 Å². The van der Waals surface area contributed by atoms with Gasteiger partial charge in [-0.25, -0.2) is 4.79 Å². The minimum atomic E-state index is -0.744. The molecule has 5 nitrogen and oxygen atoms in total. The van der Waals surface area contributed by atoms with Crippen LogP contribution in [0.5, 0.6) is 0 Å². The van der Waals surface area contributed by atoms with Gasteiger partial charge in [0.25, 0.3) is 5.91 Å². The van der Waals surface area contributed by atoms with Crippen molar-refractivity contribution in [1.29, 1.82) is 0 Å². The molecule has 0 spiro atoms. The normalized spacial score (nSPS) is 28.5. The monoisotopic (exact) mass is 260 g/mol. The van der Waals surface area contributed by atoms with Crippen LogP contribution in [-0.4, -0.2) is 40.5 Å². The van der Waals surface area contributed by atoms with Crippen molar-refractivity contribution in [3.63, 3.8) is 0 Å². The number of carbonyl (C=O) groups excluding carboxylic acids is 2. The molecule has 0 radical (unpaired) electrons. The van der Waals surface area contributed by atoms with Gasteiger partial charge in [-0.05, 0) is 31.4 Å². The van der Waals surface area contributed by atoms with Gasteiger partial charge in [-0.2, -0.15) is 0 Å². The summed E-state index contributed by atoms with van der Waals surface area (Å²) in [6.07, 6.45) is 4.92. The SMILES string of the molecule is COC(=O)C12CCCC(C1)N2C(=O)c1ccccn1. The maximum atomic E-state index is 12.5. The number of hydrogen-bond donors (Lipinski definition) is 0. The van der Waals surface area contributed by atoms with Crippen LogP contribution in [0.15, 0.2) is 24.4 Å². The molecule has 5 heteroatoms. The Bertz CT molecular complexity index is 513. The smallest absolute Gasteiger partial charge is 0.331 e. The van der Waals surface area contributed by atoms with E-state index in [1.807, 2.05) is 0 Å². The number of esters is 1. The van der Waals surface area contributed by atoms with Crippen LogP contribution >= 0.6 is 0 Å². The molecule has 1 saturated heterocycles. The van der Waals surface area contributed by atoms with Gasteiger partial charge in [0.1, 0.15) is 11.2 Å². The van der Waals surface area contributed by atoms with E-state index in [9.17, 15) is 9.59 Å². The second-order valence-electron chi connectivity index (χ2n) is 5.16. The molecule has 1 aromatic heterocycles. The summed E-state index contributed by atoms with van der Waals surface area (Å²) in [6, 6.07) is 5.38. The lowest BCUT2D eigenvalue weighted by Gasteiger charge is -2.59. The second-order valence-corrected chi connectivity index (χ2v) is 5.16. The number of carbonyl (C=O) groups is 2. The average molecular weight is 260 g/mol. The molecule has 0 N–H and O–H groups in total. The molecule has 1 aromatic rings. The third kappa shape index (κ3) is 1.64. The Hall–Kier alpha value is -1.91. The Morgan fingerprint density at radius 2 is 2.32 bits per heavy atom. The fourth-order valence-corrected chi connectivity index (χ4v) is 3.35. The number of ether oxygens (including phenoxy) is 1. The van der Waals surface area contributed by atoms with Crippen molar-refractivity contribution in [2.75, 3.05) is 7.11 Å². The highest BCUT2D eigenvalue weighted by molar-refractivity contribution is 5.98. The van der Waals surface area contributed by atoms with Crippen molar-refractivity contribution < 1.29 is 14.3 Å². The van der Waals surface area contributed by atoms with E-state index in [-0.39, 0.29) is 17.9 Å². The summed E-state index contributed by atoms with van der Waals surface area (Å²) in [6.45, 7) is 0. The Kier molecular flexibility index (Phi) is 2.77. The first-order valence-electron chi connectivity index (χ1n) is 6.52. The van der Waals surface area contributed by atoms with Gasteiger partial charge >= 0.3 is 5.97 Å². The summed E-state index contributed by atoms with van der Waals surface area (Å²) in [7, 11) is 1.38. The van der Waals surface area contributed by atoms with Crippen LogP contribution in [0.2, 0.25) is 0 Å². The van der Waals surface area contributed by atoms with Crippen LogP contribution in [0, 0.1) is 0 Å². The Morgan fingerprint density at radius 1 is 1.47 bits per heavy atom. The molecule has 1 saturated carbocycles. The van der Waals surface area contributed by atoms with Crippen molar-refractivity contribution in [2.24, 2.45) is 0 Å². The van der Waals surface area contributed by atoms with Crippen LogP contribution in [0.1, 0.15) is 36.2 Å². The first-order chi connectivity index (χ1) is 9.19. The number of rotatable bonds is 2. The molecule has 100 valence electrons. The zero-order valence-electron chi connectivity index (χ0n) is 10.8. The summed E-state index contributed by atoms with van der Waals surface area (Å²) in [5.74, 6) is -0.463. The van der Waals surface area contributed by atoms with Crippen LogP contribution in [-0.2, 0) is 9.53 Å². The predicted molar refractivity (Wildman–Crippen MR) is 67.4 cm³/mol. The Balaban J connectivity index is 1.91.